The number of likely N-dealkylation sites (tertiary alicyclic amines) is 1. The fourth-order valence-corrected chi connectivity index (χ4v) is 2.62. The summed E-state index contributed by atoms with van der Waals surface area (Å²) in [5.74, 6) is 0.458. The molecule has 0 radical (unpaired) electrons. The van der Waals surface area contributed by atoms with Crippen LogP contribution in [0.3, 0.4) is 0 Å². The lowest BCUT2D eigenvalue weighted by Gasteiger charge is -2.25. The summed E-state index contributed by atoms with van der Waals surface area (Å²) in [5.41, 5.74) is 0.905. The van der Waals surface area contributed by atoms with Crippen LogP contribution in [0, 0.1) is 5.82 Å². The molecule has 18 heavy (non-hydrogen) atoms. The molecule has 100 valence electrons. The molecule has 1 heterocycles. The van der Waals surface area contributed by atoms with Crippen molar-refractivity contribution >= 4 is 0 Å². The standard InChI is InChI=1S/C14H20FNO2/c1-2-16-7-3-4-13(16)12-10-11(15)5-6-14(12)18-9-8-17/h5-6,10,13,17H,2-4,7-9H2,1H3. The van der Waals surface area contributed by atoms with E-state index in [9.17, 15) is 4.39 Å². The highest BCUT2D eigenvalue weighted by molar-refractivity contribution is 5.37. The van der Waals surface area contributed by atoms with Crippen LogP contribution >= 0.6 is 0 Å². The van der Waals surface area contributed by atoms with Crippen molar-refractivity contribution in [3.8, 4) is 5.75 Å². The zero-order valence-electron chi connectivity index (χ0n) is 10.7. The van der Waals surface area contributed by atoms with E-state index in [-0.39, 0.29) is 25.1 Å². The van der Waals surface area contributed by atoms with E-state index >= 15 is 0 Å². The Kier molecular flexibility index (Phi) is 4.55. The molecule has 1 atom stereocenters. The van der Waals surface area contributed by atoms with Crippen LogP contribution in [0.15, 0.2) is 18.2 Å². The van der Waals surface area contributed by atoms with Gasteiger partial charge in [0.05, 0.1) is 6.61 Å². The van der Waals surface area contributed by atoms with Crippen LogP contribution in [0.25, 0.3) is 0 Å². The zero-order chi connectivity index (χ0) is 13.0. The van der Waals surface area contributed by atoms with E-state index in [4.69, 9.17) is 9.84 Å². The van der Waals surface area contributed by atoms with Crippen molar-refractivity contribution < 1.29 is 14.2 Å². The van der Waals surface area contributed by atoms with Gasteiger partial charge < -0.3 is 9.84 Å². The largest absolute Gasteiger partial charge is 0.491 e. The maximum Gasteiger partial charge on any atom is 0.124 e. The van der Waals surface area contributed by atoms with Crippen LogP contribution in [0.4, 0.5) is 4.39 Å². The number of nitrogens with zero attached hydrogens (tertiary/aromatic N) is 1. The predicted octanol–water partition coefficient (Wildman–Crippen LogP) is 2.35. The lowest BCUT2D eigenvalue weighted by atomic mass is 10.0. The molecule has 1 aromatic carbocycles. The molecule has 1 N–H and O–H groups in total. The quantitative estimate of drug-likeness (QED) is 0.874. The average molecular weight is 253 g/mol. The number of ether oxygens (including phenoxy) is 1. The van der Waals surface area contributed by atoms with E-state index in [1.54, 1.807) is 12.1 Å². The molecule has 0 amide bonds. The molecule has 1 aliphatic heterocycles. The van der Waals surface area contributed by atoms with E-state index in [2.05, 4.69) is 11.8 Å². The summed E-state index contributed by atoms with van der Waals surface area (Å²) in [7, 11) is 0. The number of hydrogen-bond acceptors (Lipinski definition) is 3. The molecule has 2 rings (SSSR count). The zero-order valence-corrected chi connectivity index (χ0v) is 10.7. The van der Waals surface area contributed by atoms with Gasteiger partial charge in [-0.1, -0.05) is 6.92 Å². The van der Waals surface area contributed by atoms with E-state index in [0.29, 0.717) is 5.75 Å². The van der Waals surface area contributed by atoms with Crippen molar-refractivity contribution in [1.82, 2.24) is 4.90 Å². The third-order valence-electron chi connectivity index (χ3n) is 3.45. The third kappa shape index (κ3) is 2.82. The fraction of sp³-hybridized carbons (Fsp3) is 0.571. The monoisotopic (exact) mass is 253 g/mol. The molecular formula is C14H20FNO2. The maximum absolute atomic E-state index is 13.4. The summed E-state index contributed by atoms with van der Waals surface area (Å²) in [6.07, 6.45) is 2.17. The highest BCUT2D eigenvalue weighted by Crippen LogP contribution is 2.37. The van der Waals surface area contributed by atoms with Crippen LogP contribution in [0.1, 0.15) is 31.4 Å². The Morgan fingerprint density at radius 3 is 3.06 bits per heavy atom. The summed E-state index contributed by atoms with van der Waals surface area (Å²) in [4.78, 5) is 2.33. The van der Waals surface area contributed by atoms with Gasteiger partial charge in [0.1, 0.15) is 18.2 Å². The van der Waals surface area contributed by atoms with Gasteiger partial charge in [-0.05, 0) is 44.1 Å². The van der Waals surface area contributed by atoms with E-state index in [0.717, 1.165) is 31.5 Å². The first-order chi connectivity index (χ1) is 8.76. The van der Waals surface area contributed by atoms with Crippen molar-refractivity contribution in [2.24, 2.45) is 0 Å². The molecule has 1 fully saturated rings. The van der Waals surface area contributed by atoms with Gasteiger partial charge in [-0.25, -0.2) is 4.39 Å². The first-order valence-electron chi connectivity index (χ1n) is 6.53. The summed E-state index contributed by atoms with van der Waals surface area (Å²) in [6.45, 7) is 4.35. The third-order valence-corrected chi connectivity index (χ3v) is 3.45. The Bertz CT molecular complexity index is 397. The molecule has 1 saturated heterocycles. The summed E-state index contributed by atoms with van der Waals surface area (Å²) in [6, 6.07) is 4.86. The highest BCUT2D eigenvalue weighted by atomic mass is 19.1. The van der Waals surface area contributed by atoms with Gasteiger partial charge in [0.2, 0.25) is 0 Å². The second-order valence-electron chi connectivity index (χ2n) is 4.54. The number of rotatable bonds is 5. The van der Waals surface area contributed by atoms with E-state index < -0.39 is 0 Å². The van der Waals surface area contributed by atoms with Gasteiger partial charge in [0.15, 0.2) is 0 Å². The fourth-order valence-electron chi connectivity index (χ4n) is 2.62. The minimum Gasteiger partial charge on any atom is -0.491 e. The Labute approximate surface area is 107 Å². The molecule has 0 spiro atoms. The Balaban J connectivity index is 2.26. The molecule has 0 aromatic heterocycles. The molecular weight excluding hydrogens is 233 g/mol. The minimum atomic E-state index is -0.232. The first kappa shape index (κ1) is 13.3. The Morgan fingerprint density at radius 2 is 2.33 bits per heavy atom. The van der Waals surface area contributed by atoms with Crippen molar-refractivity contribution in [2.45, 2.75) is 25.8 Å². The summed E-state index contributed by atoms with van der Waals surface area (Å²) < 4.78 is 18.9. The van der Waals surface area contributed by atoms with Gasteiger partial charge in [0, 0.05) is 11.6 Å². The average Bonchev–Trinajstić information content (AvgIpc) is 2.85. The SMILES string of the molecule is CCN1CCCC1c1cc(F)ccc1OCCO. The highest BCUT2D eigenvalue weighted by Gasteiger charge is 2.27. The van der Waals surface area contributed by atoms with Gasteiger partial charge in [0.25, 0.3) is 0 Å². The van der Waals surface area contributed by atoms with Crippen LogP contribution in [-0.4, -0.2) is 36.3 Å². The Hall–Kier alpha value is -1.13. The minimum absolute atomic E-state index is 0.0288. The number of benzene rings is 1. The molecule has 1 aromatic rings. The molecule has 1 aliphatic rings. The van der Waals surface area contributed by atoms with Gasteiger partial charge in [-0.3, -0.25) is 4.90 Å². The van der Waals surface area contributed by atoms with Gasteiger partial charge in [-0.2, -0.15) is 0 Å². The van der Waals surface area contributed by atoms with E-state index in [1.807, 2.05) is 0 Å². The van der Waals surface area contributed by atoms with Gasteiger partial charge >= 0.3 is 0 Å². The predicted molar refractivity (Wildman–Crippen MR) is 68.2 cm³/mol. The van der Waals surface area contributed by atoms with Gasteiger partial charge in [-0.15, -0.1) is 0 Å². The second kappa shape index (κ2) is 6.16. The number of aliphatic hydroxyl groups excluding tert-OH is 1. The topological polar surface area (TPSA) is 32.7 Å². The van der Waals surface area contributed by atoms with Crippen LogP contribution in [0.2, 0.25) is 0 Å². The van der Waals surface area contributed by atoms with E-state index in [1.165, 1.54) is 6.07 Å². The number of aliphatic hydroxyl groups is 1. The lowest BCUT2D eigenvalue weighted by Crippen LogP contribution is -2.23. The second-order valence-corrected chi connectivity index (χ2v) is 4.54. The van der Waals surface area contributed by atoms with Crippen LogP contribution in [-0.2, 0) is 0 Å². The molecule has 0 saturated carbocycles. The summed E-state index contributed by atoms with van der Waals surface area (Å²) in [5, 5.41) is 8.83. The Morgan fingerprint density at radius 1 is 1.50 bits per heavy atom. The number of halogens is 1. The number of hydrogen-bond donors (Lipinski definition) is 1. The molecule has 0 aliphatic carbocycles. The first-order valence-corrected chi connectivity index (χ1v) is 6.53. The van der Waals surface area contributed by atoms with Crippen molar-refractivity contribution in [3.05, 3.63) is 29.6 Å². The molecule has 4 heteroatoms. The maximum atomic E-state index is 13.4. The van der Waals surface area contributed by atoms with Crippen molar-refractivity contribution in [2.75, 3.05) is 26.3 Å². The lowest BCUT2D eigenvalue weighted by molar-refractivity contribution is 0.195. The van der Waals surface area contributed by atoms with Crippen LogP contribution < -0.4 is 4.74 Å². The summed E-state index contributed by atoms with van der Waals surface area (Å²) >= 11 is 0. The smallest absolute Gasteiger partial charge is 0.124 e. The molecule has 0 bridgehead atoms. The molecule has 3 nitrogen and oxygen atoms in total. The van der Waals surface area contributed by atoms with Crippen molar-refractivity contribution in [1.29, 1.82) is 0 Å². The molecule has 1 unspecified atom stereocenters. The normalized spacial score (nSPS) is 20.3. The van der Waals surface area contributed by atoms with Crippen LogP contribution in [0.5, 0.6) is 5.75 Å². The van der Waals surface area contributed by atoms with Crippen molar-refractivity contribution in [3.63, 3.8) is 0 Å².